The number of benzene rings is 1. The number of fused-ring (bicyclic) bond motifs is 1. The third-order valence-electron chi connectivity index (χ3n) is 5.32. The minimum Gasteiger partial charge on any atom is -0.383 e. The van der Waals surface area contributed by atoms with Crippen LogP contribution in [0.4, 0.5) is 11.6 Å². The molecule has 5 N–H and O–H groups in total. The topological polar surface area (TPSA) is 96.8 Å². The molecule has 0 unspecified atom stereocenters. The van der Waals surface area contributed by atoms with Crippen molar-refractivity contribution >= 4 is 22.5 Å². The molecule has 6 heteroatoms. The Balaban J connectivity index is 1.52. The molecule has 3 aromatic rings. The minimum atomic E-state index is 0.460. The Bertz CT molecular complexity index is 1020. The van der Waals surface area contributed by atoms with E-state index in [0.717, 1.165) is 47.0 Å². The van der Waals surface area contributed by atoms with Crippen molar-refractivity contribution in [2.75, 3.05) is 31.1 Å². The molecule has 28 heavy (non-hydrogen) atoms. The number of hydrogen-bond acceptors (Lipinski definition) is 5. The van der Waals surface area contributed by atoms with Crippen molar-refractivity contribution in [3.63, 3.8) is 0 Å². The molecule has 0 spiro atoms. The lowest BCUT2D eigenvalue weighted by Crippen LogP contribution is -2.30. The van der Waals surface area contributed by atoms with Gasteiger partial charge in [0, 0.05) is 23.6 Å². The number of likely N-dealkylation sites (tertiary alicyclic amines) is 1. The maximum Gasteiger partial charge on any atom is 0.153 e. The summed E-state index contributed by atoms with van der Waals surface area (Å²) in [5, 5.41) is 7.88. The van der Waals surface area contributed by atoms with Crippen molar-refractivity contribution in [1.82, 2.24) is 20.1 Å². The van der Waals surface area contributed by atoms with Crippen LogP contribution in [0.25, 0.3) is 22.0 Å². The van der Waals surface area contributed by atoms with Crippen LogP contribution in [0.2, 0.25) is 0 Å². The Morgan fingerprint density at radius 1 is 1.07 bits per heavy atom. The Kier molecular flexibility index (Phi) is 5.45. The monoisotopic (exact) mass is 374 g/mol. The highest BCUT2D eigenvalue weighted by molar-refractivity contribution is 5.93. The van der Waals surface area contributed by atoms with Crippen LogP contribution in [0.15, 0.2) is 30.5 Å². The molecule has 1 aliphatic rings. The van der Waals surface area contributed by atoms with Crippen molar-refractivity contribution in [1.29, 1.82) is 0 Å². The fourth-order valence-electron chi connectivity index (χ4n) is 3.78. The van der Waals surface area contributed by atoms with E-state index in [1.807, 2.05) is 24.3 Å². The number of unbranched alkanes of at least 4 members (excludes halogenated alkanes) is 1. The van der Waals surface area contributed by atoms with Gasteiger partial charge in [-0.25, -0.2) is 4.98 Å². The van der Waals surface area contributed by atoms with Crippen LogP contribution in [0, 0.1) is 11.8 Å². The Morgan fingerprint density at radius 2 is 1.93 bits per heavy atom. The van der Waals surface area contributed by atoms with Crippen molar-refractivity contribution in [2.24, 2.45) is 0 Å². The number of aromatic amines is 1. The molecule has 3 heterocycles. The number of aromatic nitrogens is 3. The number of pyridine rings is 1. The molecule has 6 nitrogen and oxygen atoms in total. The average molecular weight is 374 g/mol. The summed E-state index contributed by atoms with van der Waals surface area (Å²) in [6, 6.07) is 7.97. The second-order valence-electron chi connectivity index (χ2n) is 7.30. The first-order valence-corrected chi connectivity index (χ1v) is 9.92. The normalized spacial score (nSPS) is 14.7. The van der Waals surface area contributed by atoms with Gasteiger partial charge in [0.2, 0.25) is 0 Å². The molecule has 1 fully saturated rings. The molecular formula is C22H26N6. The summed E-state index contributed by atoms with van der Waals surface area (Å²) in [5.41, 5.74) is 15.8. The summed E-state index contributed by atoms with van der Waals surface area (Å²) in [6.45, 7) is 3.58. The van der Waals surface area contributed by atoms with Crippen molar-refractivity contribution in [2.45, 2.75) is 32.1 Å². The van der Waals surface area contributed by atoms with E-state index in [1.165, 1.54) is 32.4 Å². The molecule has 144 valence electrons. The minimum absolute atomic E-state index is 0.460. The van der Waals surface area contributed by atoms with Gasteiger partial charge in [-0.3, -0.25) is 5.10 Å². The van der Waals surface area contributed by atoms with Gasteiger partial charge in [-0.05, 0) is 62.7 Å². The second kappa shape index (κ2) is 8.32. The molecule has 4 rings (SSSR count). The lowest BCUT2D eigenvalue weighted by molar-refractivity contribution is 0.227. The number of nitrogen functional groups attached to an aromatic ring is 2. The first-order chi connectivity index (χ1) is 13.7. The van der Waals surface area contributed by atoms with Gasteiger partial charge in [0.05, 0.1) is 11.1 Å². The molecule has 1 aromatic carbocycles. The summed E-state index contributed by atoms with van der Waals surface area (Å²) < 4.78 is 0. The first-order valence-electron chi connectivity index (χ1n) is 9.92. The number of nitrogens with one attached hydrogen (secondary N) is 1. The standard InChI is InChI=1S/C22H26N6/c23-21-18(7-3-1-4-12-28-13-5-2-6-14-28)17(10-11-25-21)16-8-9-20-19(15-16)22(24)27-26-20/h8-11,15H,1-2,4-6,12-14H2,(H2,23,25)(H3,24,26,27). The lowest BCUT2D eigenvalue weighted by Gasteiger charge is -2.25. The molecule has 0 radical (unpaired) electrons. The SMILES string of the molecule is Nc1nccc(-c2ccc3[nH]nc(N)c3c2)c1C#CCCCN1CCCCC1. The molecule has 0 atom stereocenters. The molecule has 0 saturated carbocycles. The molecule has 0 aliphatic carbocycles. The van der Waals surface area contributed by atoms with Crippen molar-refractivity contribution < 1.29 is 0 Å². The summed E-state index contributed by atoms with van der Waals surface area (Å²) in [5.74, 6) is 7.51. The second-order valence-corrected chi connectivity index (χ2v) is 7.30. The molecule has 2 aromatic heterocycles. The van der Waals surface area contributed by atoms with Crippen LogP contribution in [-0.4, -0.2) is 39.7 Å². The summed E-state index contributed by atoms with van der Waals surface area (Å²) in [7, 11) is 0. The van der Waals surface area contributed by atoms with Gasteiger partial charge in [0.1, 0.15) is 5.82 Å². The average Bonchev–Trinajstić information content (AvgIpc) is 3.10. The van der Waals surface area contributed by atoms with E-state index in [4.69, 9.17) is 11.5 Å². The van der Waals surface area contributed by atoms with E-state index in [1.54, 1.807) is 6.20 Å². The highest BCUT2D eigenvalue weighted by Crippen LogP contribution is 2.30. The molecule has 0 amide bonds. The third kappa shape index (κ3) is 3.95. The molecule has 0 bridgehead atoms. The van der Waals surface area contributed by atoms with Crippen LogP contribution >= 0.6 is 0 Å². The van der Waals surface area contributed by atoms with Gasteiger partial charge in [0.15, 0.2) is 5.82 Å². The number of rotatable bonds is 4. The number of nitrogens with two attached hydrogens (primary N) is 2. The van der Waals surface area contributed by atoms with Crippen LogP contribution in [-0.2, 0) is 0 Å². The van der Waals surface area contributed by atoms with Crippen LogP contribution in [0.3, 0.4) is 0 Å². The van der Waals surface area contributed by atoms with E-state index in [-0.39, 0.29) is 0 Å². The number of piperidine rings is 1. The van der Waals surface area contributed by atoms with Crippen molar-refractivity contribution in [3.8, 4) is 23.0 Å². The zero-order chi connectivity index (χ0) is 19.3. The lowest BCUT2D eigenvalue weighted by atomic mass is 9.99. The smallest absolute Gasteiger partial charge is 0.153 e. The van der Waals surface area contributed by atoms with E-state index in [2.05, 4.69) is 31.9 Å². The largest absolute Gasteiger partial charge is 0.383 e. The van der Waals surface area contributed by atoms with Crippen LogP contribution in [0.5, 0.6) is 0 Å². The first kappa shape index (κ1) is 18.3. The number of hydrogen-bond donors (Lipinski definition) is 3. The number of nitrogens with zero attached hydrogens (tertiary/aromatic N) is 3. The molecule has 1 saturated heterocycles. The van der Waals surface area contributed by atoms with E-state index in [0.29, 0.717) is 11.6 Å². The number of H-pyrrole nitrogens is 1. The maximum absolute atomic E-state index is 6.15. The number of anilines is 2. The Hall–Kier alpha value is -3.04. The predicted octanol–water partition coefficient (Wildman–Crippen LogP) is 3.41. The van der Waals surface area contributed by atoms with Gasteiger partial charge < -0.3 is 16.4 Å². The summed E-state index contributed by atoms with van der Waals surface area (Å²) >= 11 is 0. The third-order valence-corrected chi connectivity index (χ3v) is 5.32. The van der Waals surface area contributed by atoms with Crippen molar-refractivity contribution in [3.05, 3.63) is 36.0 Å². The molecular weight excluding hydrogens is 348 g/mol. The maximum atomic E-state index is 6.15. The zero-order valence-electron chi connectivity index (χ0n) is 16.0. The highest BCUT2D eigenvalue weighted by Gasteiger charge is 2.11. The quantitative estimate of drug-likeness (QED) is 0.480. The van der Waals surface area contributed by atoms with E-state index < -0.39 is 0 Å². The Labute approximate surface area is 165 Å². The van der Waals surface area contributed by atoms with E-state index in [9.17, 15) is 0 Å². The van der Waals surface area contributed by atoms with Crippen LogP contribution in [0.1, 0.15) is 37.7 Å². The Morgan fingerprint density at radius 3 is 2.79 bits per heavy atom. The summed E-state index contributed by atoms with van der Waals surface area (Å²) in [4.78, 5) is 6.77. The predicted molar refractivity (Wildman–Crippen MR) is 115 cm³/mol. The fourth-order valence-corrected chi connectivity index (χ4v) is 3.78. The zero-order valence-corrected chi connectivity index (χ0v) is 16.0. The van der Waals surface area contributed by atoms with Gasteiger partial charge in [-0.15, -0.1) is 0 Å². The molecule has 1 aliphatic heterocycles. The van der Waals surface area contributed by atoms with Gasteiger partial charge in [0.25, 0.3) is 0 Å². The van der Waals surface area contributed by atoms with Gasteiger partial charge >= 0.3 is 0 Å². The van der Waals surface area contributed by atoms with Crippen LogP contribution < -0.4 is 11.5 Å². The van der Waals surface area contributed by atoms with Gasteiger partial charge in [-0.2, -0.15) is 5.10 Å². The van der Waals surface area contributed by atoms with Gasteiger partial charge in [-0.1, -0.05) is 24.3 Å². The highest BCUT2D eigenvalue weighted by atomic mass is 15.1. The van der Waals surface area contributed by atoms with E-state index >= 15 is 0 Å². The summed E-state index contributed by atoms with van der Waals surface area (Å²) in [6.07, 6.45) is 7.68. The fraction of sp³-hybridized carbons (Fsp3) is 0.364.